The Morgan fingerprint density at radius 2 is 1.14 bits per heavy atom. The lowest BCUT2D eigenvalue weighted by molar-refractivity contribution is -0.0573. The highest BCUT2D eigenvalue weighted by atomic mass is 16.5. The van der Waals surface area contributed by atoms with E-state index >= 15 is 0 Å². The third-order valence-corrected chi connectivity index (χ3v) is 2.42. The molecule has 0 aliphatic rings. The molecule has 0 spiro atoms. The standard InChI is InChI=1S/C12H26O2/c1-5-7-9-13-11(3)12(4)14-10-8-6-2/h11-12H,5-10H2,1-4H3. The van der Waals surface area contributed by atoms with E-state index in [1.807, 2.05) is 0 Å². The molecule has 14 heavy (non-hydrogen) atoms. The Labute approximate surface area is 89.0 Å². The van der Waals surface area contributed by atoms with E-state index in [4.69, 9.17) is 9.47 Å². The average molecular weight is 202 g/mol. The molecule has 0 aromatic rings. The zero-order valence-corrected chi connectivity index (χ0v) is 10.2. The first-order valence-electron chi connectivity index (χ1n) is 5.95. The highest BCUT2D eigenvalue weighted by molar-refractivity contribution is 4.60. The Hall–Kier alpha value is -0.0800. The van der Waals surface area contributed by atoms with Crippen molar-refractivity contribution in [2.24, 2.45) is 0 Å². The van der Waals surface area contributed by atoms with Gasteiger partial charge in [0.05, 0.1) is 12.2 Å². The fourth-order valence-corrected chi connectivity index (χ4v) is 1.10. The van der Waals surface area contributed by atoms with Gasteiger partial charge < -0.3 is 9.47 Å². The molecular formula is C12H26O2. The average Bonchev–Trinajstić information content (AvgIpc) is 2.18. The minimum atomic E-state index is 0.221. The lowest BCUT2D eigenvalue weighted by atomic mass is 10.2. The maximum absolute atomic E-state index is 5.65. The van der Waals surface area contributed by atoms with Crippen molar-refractivity contribution in [3.05, 3.63) is 0 Å². The smallest absolute Gasteiger partial charge is 0.0805 e. The van der Waals surface area contributed by atoms with Gasteiger partial charge in [0.1, 0.15) is 0 Å². The molecule has 0 aliphatic heterocycles. The number of ether oxygens (including phenoxy) is 2. The van der Waals surface area contributed by atoms with Crippen LogP contribution in [0.3, 0.4) is 0 Å². The van der Waals surface area contributed by atoms with Crippen LogP contribution < -0.4 is 0 Å². The van der Waals surface area contributed by atoms with Gasteiger partial charge in [0.25, 0.3) is 0 Å². The number of hydrogen-bond donors (Lipinski definition) is 0. The molecule has 0 radical (unpaired) electrons. The second kappa shape index (κ2) is 9.47. The molecule has 0 saturated carbocycles. The summed E-state index contributed by atoms with van der Waals surface area (Å²) >= 11 is 0. The lowest BCUT2D eigenvalue weighted by Gasteiger charge is -2.20. The second-order valence-electron chi connectivity index (χ2n) is 3.86. The van der Waals surface area contributed by atoms with Gasteiger partial charge in [-0.1, -0.05) is 26.7 Å². The summed E-state index contributed by atoms with van der Waals surface area (Å²) in [6.07, 6.45) is 5.12. The number of rotatable bonds is 9. The maximum Gasteiger partial charge on any atom is 0.0805 e. The van der Waals surface area contributed by atoms with Crippen molar-refractivity contribution in [1.29, 1.82) is 0 Å². The molecule has 0 aliphatic carbocycles. The monoisotopic (exact) mass is 202 g/mol. The third-order valence-electron chi connectivity index (χ3n) is 2.42. The van der Waals surface area contributed by atoms with E-state index in [1.165, 1.54) is 12.8 Å². The zero-order valence-electron chi connectivity index (χ0n) is 10.2. The minimum Gasteiger partial charge on any atom is -0.376 e. The molecule has 0 fully saturated rings. The van der Waals surface area contributed by atoms with Gasteiger partial charge in [-0.25, -0.2) is 0 Å². The van der Waals surface area contributed by atoms with Crippen LogP contribution >= 0.6 is 0 Å². The Balaban J connectivity index is 3.39. The van der Waals surface area contributed by atoms with Gasteiger partial charge in [-0.15, -0.1) is 0 Å². The Kier molecular flexibility index (Phi) is 9.42. The van der Waals surface area contributed by atoms with E-state index < -0.39 is 0 Å². The second-order valence-corrected chi connectivity index (χ2v) is 3.86. The summed E-state index contributed by atoms with van der Waals surface area (Å²) in [7, 11) is 0. The molecule has 0 rings (SSSR count). The first-order valence-corrected chi connectivity index (χ1v) is 5.95. The summed E-state index contributed by atoms with van der Waals surface area (Å²) in [6.45, 7) is 10.3. The number of hydrogen-bond acceptors (Lipinski definition) is 2. The summed E-state index contributed by atoms with van der Waals surface area (Å²) in [5.74, 6) is 0. The third kappa shape index (κ3) is 7.34. The van der Waals surface area contributed by atoms with Gasteiger partial charge in [-0.3, -0.25) is 0 Å². The summed E-state index contributed by atoms with van der Waals surface area (Å²) in [4.78, 5) is 0. The van der Waals surface area contributed by atoms with Crippen LogP contribution in [-0.2, 0) is 9.47 Å². The molecule has 0 N–H and O–H groups in total. The highest BCUT2D eigenvalue weighted by Gasteiger charge is 2.12. The van der Waals surface area contributed by atoms with Crippen LogP contribution in [0.4, 0.5) is 0 Å². The molecule has 0 bridgehead atoms. The van der Waals surface area contributed by atoms with Crippen LogP contribution in [0.2, 0.25) is 0 Å². The van der Waals surface area contributed by atoms with Gasteiger partial charge in [0, 0.05) is 13.2 Å². The fraction of sp³-hybridized carbons (Fsp3) is 1.00. The van der Waals surface area contributed by atoms with Crippen LogP contribution in [0.1, 0.15) is 53.4 Å². The van der Waals surface area contributed by atoms with E-state index in [9.17, 15) is 0 Å². The van der Waals surface area contributed by atoms with Crippen LogP contribution in [-0.4, -0.2) is 25.4 Å². The van der Waals surface area contributed by atoms with Gasteiger partial charge >= 0.3 is 0 Å². The summed E-state index contributed by atoms with van der Waals surface area (Å²) in [5.41, 5.74) is 0. The van der Waals surface area contributed by atoms with Gasteiger partial charge in [-0.2, -0.15) is 0 Å². The normalized spacial score (nSPS) is 15.4. The molecule has 2 unspecified atom stereocenters. The van der Waals surface area contributed by atoms with E-state index in [2.05, 4.69) is 27.7 Å². The Morgan fingerprint density at radius 3 is 1.43 bits per heavy atom. The van der Waals surface area contributed by atoms with E-state index in [0.717, 1.165) is 26.1 Å². The van der Waals surface area contributed by atoms with Crippen molar-refractivity contribution < 1.29 is 9.47 Å². The molecule has 0 aromatic carbocycles. The number of unbranched alkanes of at least 4 members (excludes halogenated alkanes) is 2. The summed E-state index contributed by atoms with van der Waals surface area (Å²) < 4.78 is 11.3. The molecule has 0 saturated heterocycles. The van der Waals surface area contributed by atoms with E-state index in [1.54, 1.807) is 0 Å². The molecule has 0 aromatic heterocycles. The van der Waals surface area contributed by atoms with Crippen molar-refractivity contribution in [2.75, 3.05) is 13.2 Å². The quantitative estimate of drug-likeness (QED) is 0.533. The fourth-order valence-electron chi connectivity index (χ4n) is 1.10. The van der Waals surface area contributed by atoms with Gasteiger partial charge in [0.2, 0.25) is 0 Å². The predicted molar refractivity (Wildman–Crippen MR) is 60.6 cm³/mol. The van der Waals surface area contributed by atoms with Crippen molar-refractivity contribution in [2.45, 2.75) is 65.6 Å². The molecule has 2 nitrogen and oxygen atoms in total. The molecular weight excluding hydrogens is 176 g/mol. The van der Waals surface area contributed by atoms with Crippen LogP contribution in [0.25, 0.3) is 0 Å². The zero-order chi connectivity index (χ0) is 10.8. The van der Waals surface area contributed by atoms with Crippen molar-refractivity contribution in [3.63, 3.8) is 0 Å². The first-order chi connectivity index (χ1) is 6.72. The minimum absolute atomic E-state index is 0.221. The molecule has 0 amide bonds. The molecule has 2 atom stereocenters. The first kappa shape index (κ1) is 13.9. The van der Waals surface area contributed by atoms with Crippen molar-refractivity contribution in [1.82, 2.24) is 0 Å². The van der Waals surface area contributed by atoms with E-state index in [0.29, 0.717) is 0 Å². The van der Waals surface area contributed by atoms with Gasteiger partial charge in [0.15, 0.2) is 0 Å². The van der Waals surface area contributed by atoms with Crippen LogP contribution in [0, 0.1) is 0 Å². The highest BCUT2D eigenvalue weighted by Crippen LogP contribution is 2.05. The molecule has 0 heterocycles. The SMILES string of the molecule is CCCCOC(C)C(C)OCCCC. The van der Waals surface area contributed by atoms with E-state index in [-0.39, 0.29) is 12.2 Å². The van der Waals surface area contributed by atoms with Crippen molar-refractivity contribution >= 4 is 0 Å². The summed E-state index contributed by atoms with van der Waals surface area (Å²) in [6, 6.07) is 0. The lowest BCUT2D eigenvalue weighted by Crippen LogP contribution is -2.26. The topological polar surface area (TPSA) is 18.5 Å². The molecule has 86 valence electrons. The Morgan fingerprint density at radius 1 is 0.786 bits per heavy atom. The maximum atomic E-state index is 5.65. The van der Waals surface area contributed by atoms with Crippen molar-refractivity contribution in [3.8, 4) is 0 Å². The van der Waals surface area contributed by atoms with Crippen LogP contribution in [0.5, 0.6) is 0 Å². The Bertz CT molecular complexity index is 101. The van der Waals surface area contributed by atoms with Crippen LogP contribution in [0.15, 0.2) is 0 Å². The molecule has 2 heteroatoms. The largest absolute Gasteiger partial charge is 0.376 e. The predicted octanol–water partition coefficient (Wildman–Crippen LogP) is 3.40. The van der Waals surface area contributed by atoms with Gasteiger partial charge in [-0.05, 0) is 26.7 Å². The summed E-state index contributed by atoms with van der Waals surface area (Å²) in [5, 5.41) is 0.